The molecule has 2 heterocycles. The fraction of sp³-hybridized carbons (Fsp3) is 0.538. The van der Waals surface area contributed by atoms with Gasteiger partial charge in [-0.2, -0.15) is 0 Å². The molecule has 1 aromatic rings. The van der Waals surface area contributed by atoms with Crippen molar-refractivity contribution in [1.29, 1.82) is 0 Å². The van der Waals surface area contributed by atoms with Crippen LogP contribution in [0, 0.1) is 0 Å². The van der Waals surface area contributed by atoms with Crippen LogP contribution >= 0.6 is 11.3 Å². The lowest BCUT2D eigenvalue weighted by atomic mass is 10.2. The van der Waals surface area contributed by atoms with Crippen molar-refractivity contribution < 1.29 is 14.6 Å². The molecule has 5 nitrogen and oxygen atoms in total. The molecule has 0 aliphatic carbocycles. The summed E-state index contributed by atoms with van der Waals surface area (Å²) in [7, 11) is 0. The van der Waals surface area contributed by atoms with Gasteiger partial charge >= 0.3 is 6.09 Å². The van der Waals surface area contributed by atoms with Crippen molar-refractivity contribution in [3.8, 4) is 0 Å². The van der Waals surface area contributed by atoms with E-state index in [-0.39, 0.29) is 12.6 Å². The third kappa shape index (κ3) is 3.33. The van der Waals surface area contributed by atoms with E-state index in [0.717, 1.165) is 10.6 Å². The number of hydrogen-bond donors (Lipinski definition) is 1. The maximum atomic E-state index is 12.1. The summed E-state index contributed by atoms with van der Waals surface area (Å²) in [5.41, 5.74) is 0.418. The Labute approximate surface area is 116 Å². The maximum absolute atomic E-state index is 12.1. The van der Waals surface area contributed by atoms with Crippen LogP contribution in [0.1, 0.15) is 25.8 Å². The summed E-state index contributed by atoms with van der Waals surface area (Å²) < 4.78 is 5.34. The third-order valence-electron chi connectivity index (χ3n) is 2.66. The highest BCUT2D eigenvalue weighted by atomic mass is 32.1. The molecule has 1 N–H and O–H groups in total. The van der Waals surface area contributed by atoms with Crippen LogP contribution in [-0.4, -0.2) is 45.9 Å². The van der Waals surface area contributed by atoms with E-state index in [1.165, 1.54) is 16.2 Å². The van der Waals surface area contributed by atoms with Gasteiger partial charge in [0.15, 0.2) is 0 Å². The molecule has 0 bridgehead atoms. The van der Waals surface area contributed by atoms with E-state index in [9.17, 15) is 9.90 Å². The van der Waals surface area contributed by atoms with E-state index in [2.05, 4.69) is 4.98 Å². The Morgan fingerprint density at radius 1 is 1.63 bits per heavy atom. The molecule has 0 fully saturated rings. The highest BCUT2D eigenvalue weighted by molar-refractivity contribution is 7.10. The number of carbonyl (C=O) groups excluding carboxylic acids is 1. The summed E-state index contributed by atoms with van der Waals surface area (Å²) >= 11 is 1.52. The quantitative estimate of drug-likeness (QED) is 0.902. The van der Waals surface area contributed by atoms with E-state index >= 15 is 0 Å². The number of thiazole rings is 1. The number of nitrogens with zero attached hydrogens (tertiary/aromatic N) is 2. The molecular formula is C13H18N2O3S. The van der Waals surface area contributed by atoms with E-state index in [4.69, 9.17) is 4.74 Å². The summed E-state index contributed by atoms with van der Waals surface area (Å²) in [5, 5.41) is 12.2. The van der Waals surface area contributed by atoms with Crippen LogP contribution < -0.4 is 0 Å². The maximum Gasteiger partial charge on any atom is 0.411 e. The Kier molecular flexibility index (Phi) is 3.91. The first-order valence-corrected chi connectivity index (χ1v) is 7.00. The molecule has 1 amide bonds. The highest BCUT2D eigenvalue weighted by Crippen LogP contribution is 2.27. The van der Waals surface area contributed by atoms with Gasteiger partial charge in [0.25, 0.3) is 0 Å². The largest absolute Gasteiger partial charge is 0.444 e. The van der Waals surface area contributed by atoms with E-state index in [1.54, 1.807) is 6.20 Å². The number of aliphatic hydroxyl groups is 1. The molecule has 1 unspecified atom stereocenters. The SMILES string of the molecule is CC(C)(C)OC(=O)N1CC(c2nccs2)=CC1CO. The van der Waals surface area contributed by atoms with Crippen LogP contribution in [0.5, 0.6) is 0 Å². The van der Waals surface area contributed by atoms with Gasteiger partial charge in [-0.3, -0.25) is 4.90 Å². The third-order valence-corrected chi connectivity index (χ3v) is 3.51. The Morgan fingerprint density at radius 2 is 2.37 bits per heavy atom. The predicted molar refractivity (Wildman–Crippen MR) is 73.9 cm³/mol. The van der Waals surface area contributed by atoms with Crippen molar-refractivity contribution >= 4 is 23.0 Å². The summed E-state index contributed by atoms with van der Waals surface area (Å²) in [6, 6.07) is -0.339. The molecule has 19 heavy (non-hydrogen) atoms. The average Bonchev–Trinajstić information content (AvgIpc) is 2.95. The fourth-order valence-corrected chi connectivity index (χ4v) is 2.52. The number of hydrogen-bond acceptors (Lipinski definition) is 5. The lowest BCUT2D eigenvalue weighted by molar-refractivity contribution is 0.0200. The number of carbonyl (C=O) groups is 1. The van der Waals surface area contributed by atoms with Crippen LogP contribution in [0.4, 0.5) is 4.79 Å². The van der Waals surface area contributed by atoms with Gasteiger partial charge in [0.05, 0.1) is 19.2 Å². The second kappa shape index (κ2) is 5.30. The van der Waals surface area contributed by atoms with E-state index in [0.29, 0.717) is 6.54 Å². The number of rotatable bonds is 2. The van der Waals surface area contributed by atoms with Crippen molar-refractivity contribution in [2.45, 2.75) is 32.4 Å². The zero-order valence-electron chi connectivity index (χ0n) is 11.3. The van der Waals surface area contributed by atoms with Gasteiger partial charge in [-0.25, -0.2) is 9.78 Å². The number of aliphatic hydroxyl groups excluding tert-OH is 1. The topological polar surface area (TPSA) is 62.7 Å². The van der Waals surface area contributed by atoms with E-state index < -0.39 is 11.7 Å². The van der Waals surface area contributed by atoms with Crippen molar-refractivity contribution in [1.82, 2.24) is 9.88 Å². The molecule has 0 saturated heterocycles. The number of amides is 1. The van der Waals surface area contributed by atoms with Crippen LogP contribution in [0.25, 0.3) is 5.57 Å². The van der Waals surface area contributed by atoms with Gasteiger partial charge in [-0.15, -0.1) is 11.3 Å². The molecule has 1 aliphatic rings. The average molecular weight is 282 g/mol. The van der Waals surface area contributed by atoms with E-state index in [1.807, 2.05) is 32.2 Å². The summed E-state index contributed by atoms with van der Waals surface area (Å²) in [6.45, 7) is 5.78. The molecule has 0 saturated carbocycles. The molecule has 0 radical (unpaired) electrons. The second-order valence-electron chi connectivity index (χ2n) is 5.39. The summed E-state index contributed by atoms with van der Waals surface area (Å²) in [6.07, 6.45) is 3.20. The molecule has 1 aromatic heterocycles. The van der Waals surface area contributed by atoms with Gasteiger partial charge < -0.3 is 9.84 Å². The Balaban J connectivity index is 2.10. The zero-order valence-corrected chi connectivity index (χ0v) is 12.1. The van der Waals surface area contributed by atoms with Gasteiger partial charge in [-0.05, 0) is 20.8 Å². The van der Waals surface area contributed by atoms with Crippen LogP contribution in [0.15, 0.2) is 17.7 Å². The molecule has 1 aliphatic heterocycles. The number of aromatic nitrogens is 1. The van der Waals surface area contributed by atoms with Crippen molar-refractivity contribution in [2.24, 2.45) is 0 Å². The fourth-order valence-electron chi connectivity index (χ4n) is 1.87. The Bertz CT molecular complexity index is 477. The smallest absolute Gasteiger partial charge is 0.411 e. The Hall–Kier alpha value is -1.40. The standard InChI is InChI=1S/C13H18N2O3S/c1-13(2,3)18-12(17)15-7-9(6-10(15)8-16)11-14-4-5-19-11/h4-6,10,16H,7-8H2,1-3H3. The first-order valence-electron chi connectivity index (χ1n) is 6.12. The van der Waals surface area contributed by atoms with Crippen molar-refractivity contribution in [2.75, 3.05) is 13.2 Å². The highest BCUT2D eigenvalue weighted by Gasteiger charge is 2.32. The van der Waals surface area contributed by atoms with Crippen LogP contribution in [0.3, 0.4) is 0 Å². The van der Waals surface area contributed by atoms with Crippen molar-refractivity contribution in [3.63, 3.8) is 0 Å². The van der Waals surface area contributed by atoms with Crippen molar-refractivity contribution in [3.05, 3.63) is 22.7 Å². The summed E-state index contributed by atoms with van der Waals surface area (Å²) in [5.74, 6) is 0. The molecule has 104 valence electrons. The van der Waals surface area contributed by atoms with Crippen LogP contribution in [-0.2, 0) is 4.74 Å². The normalized spacial score (nSPS) is 19.5. The predicted octanol–water partition coefficient (Wildman–Crippen LogP) is 2.14. The second-order valence-corrected chi connectivity index (χ2v) is 6.28. The first kappa shape index (κ1) is 14.0. The lowest BCUT2D eigenvalue weighted by Gasteiger charge is -2.27. The molecule has 2 rings (SSSR count). The lowest BCUT2D eigenvalue weighted by Crippen LogP contribution is -2.41. The first-order chi connectivity index (χ1) is 8.90. The van der Waals surface area contributed by atoms with Gasteiger partial charge in [0.1, 0.15) is 10.6 Å². The van der Waals surface area contributed by atoms with Gasteiger partial charge in [-0.1, -0.05) is 6.08 Å². The summed E-state index contributed by atoms with van der Waals surface area (Å²) in [4.78, 5) is 17.8. The monoisotopic (exact) mass is 282 g/mol. The van der Waals surface area contributed by atoms with Crippen LogP contribution in [0.2, 0.25) is 0 Å². The van der Waals surface area contributed by atoms with Gasteiger partial charge in [0, 0.05) is 17.2 Å². The molecule has 0 spiro atoms. The molecule has 0 aromatic carbocycles. The van der Waals surface area contributed by atoms with Gasteiger partial charge in [0.2, 0.25) is 0 Å². The zero-order chi connectivity index (χ0) is 14.0. The minimum Gasteiger partial charge on any atom is -0.444 e. The number of ether oxygens (including phenoxy) is 1. The molecule has 1 atom stereocenters. The minimum atomic E-state index is -0.541. The molecule has 6 heteroatoms. The minimum absolute atomic E-state index is 0.117. The Morgan fingerprint density at radius 3 is 2.89 bits per heavy atom. The molecular weight excluding hydrogens is 264 g/mol.